The van der Waals surface area contributed by atoms with Crippen LogP contribution in [-0.4, -0.2) is 13.1 Å². The van der Waals surface area contributed by atoms with Crippen molar-refractivity contribution in [3.63, 3.8) is 0 Å². The van der Waals surface area contributed by atoms with Crippen LogP contribution in [0.4, 0.5) is 0 Å². The predicted molar refractivity (Wildman–Crippen MR) is 53.8 cm³/mol. The molecule has 0 unspecified atom stereocenters. The lowest BCUT2D eigenvalue weighted by Crippen LogP contribution is -2.15. The van der Waals surface area contributed by atoms with Gasteiger partial charge in [0.25, 0.3) is 0 Å². The zero-order chi connectivity index (χ0) is 10.8. The van der Waals surface area contributed by atoms with E-state index >= 15 is 0 Å². The highest BCUT2D eigenvalue weighted by molar-refractivity contribution is 5.92. The van der Waals surface area contributed by atoms with Gasteiger partial charge in [-0.05, 0) is 12.1 Å². The van der Waals surface area contributed by atoms with Crippen LogP contribution in [-0.2, 0) is 4.74 Å². The van der Waals surface area contributed by atoms with Gasteiger partial charge in [-0.25, -0.2) is 4.79 Å². The normalized spacial score (nSPS) is 10.2. The second-order valence-corrected chi connectivity index (χ2v) is 2.97. The third-order valence-corrected chi connectivity index (χ3v) is 2.09. The Morgan fingerprint density at radius 3 is 2.80 bits per heavy atom. The summed E-state index contributed by atoms with van der Waals surface area (Å²) in [7, 11) is 1.22. The minimum absolute atomic E-state index is 0.0869. The molecule has 0 aliphatic heterocycles. The number of hydrogen-bond acceptors (Lipinski definition) is 4. The fourth-order valence-electron chi connectivity index (χ4n) is 1.33. The number of esters is 1. The van der Waals surface area contributed by atoms with Crippen LogP contribution >= 0.6 is 0 Å². The average Bonchev–Trinajstić information content (AvgIpc) is 2.29. The molecular formula is C11H8O4. The number of hydrogen-bond donors (Lipinski definition) is 0. The second-order valence-electron chi connectivity index (χ2n) is 2.97. The summed E-state index contributed by atoms with van der Waals surface area (Å²) >= 11 is 0. The van der Waals surface area contributed by atoms with Gasteiger partial charge in [0.15, 0.2) is 0 Å². The Balaban J connectivity index is 2.76. The fraction of sp³-hybridized carbons (Fsp3) is 0.0909. The third kappa shape index (κ3) is 1.50. The van der Waals surface area contributed by atoms with Crippen molar-refractivity contribution in [1.29, 1.82) is 0 Å². The Bertz CT molecular complexity index is 568. The summed E-state index contributed by atoms with van der Waals surface area (Å²) in [4.78, 5) is 23.0. The summed E-state index contributed by atoms with van der Waals surface area (Å²) in [6.45, 7) is 0. The molecule has 1 heterocycles. The molecule has 0 aliphatic rings. The maximum Gasteiger partial charge on any atom is 0.345 e. The van der Waals surface area contributed by atoms with Crippen LogP contribution in [0.5, 0.6) is 0 Å². The van der Waals surface area contributed by atoms with E-state index in [0.29, 0.717) is 11.0 Å². The molecule has 0 bridgehead atoms. The quantitative estimate of drug-likeness (QED) is 0.662. The van der Waals surface area contributed by atoms with Gasteiger partial charge >= 0.3 is 5.97 Å². The van der Waals surface area contributed by atoms with Crippen molar-refractivity contribution in [2.75, 3.05) is 7.11 Å². The molecule has 0 saturated heterocycles. The Morgan fingerprint density at radius 2 is 2.07 bits per heavy atom. The molecule has 1 aromatic heterocycles. The Kier molecular flexibility index (Phi) is 2.25. The number of carbonyl (C=O) groups is 1. The molecule has 2 rings (SSSR count). The van der Waals surface area contributed by atoms with E-state index in [-0.39, 0.29) is 11.0 Å². The molecule has 0 N–H and O–H groups in total. The summed E-state index contributed by atoms with van der Waals surface area (Å²) < 4.78 is 9.61. The van der Waals surface area contributed by atoms with Gasteiger partial charge in [0, 0.05) is 0 Å². The van der Waals surface area contributed by atoms with E-state index in [1.165, 1.54) is 7.11 Å². The lowest BCUT2D eigenvalue weighted by atomic mass is 10.2. The van der Waals surface area contributed by atoms with E-state index in [0.717, 1.165) is 6.26 Å². The van der Waals surface area contributed by atoms with Crippen LogP contribution in [0.15, 0.2) is 39.7 Å². The molecule has 4 heteroatoms. The Morgan fingerprint density at radius 1 is 1.33 bits per heavy atom. The third-order valence-electron chi connectivity index (χ3n) is 2.09. The van der Waals surface area contributed by atoms with Crippen molar-refractivity contribution in [3.05, 3.63) is 46.3 Å². The summed E-state index contributed by atoms with van der Waals surface area (Å²) in [6.07, 6.45) is 1.12. The Hall–Kier alpha value is -2.10. The van der Waals surface area contributed by atoms with Crippen LogP contribution < -0.4 is 5.43 Å². The van der Waals surface area contributed by atoms with Crippen LogP contribution in [0, 0.1) is 0 Å². The summed E-state index contributed by atoms with van der Waals surface area (Å²) in [5, 5.41) is 0.375. The first-order valence-corrected chi connectivity index (χ1v) is 4.33. The molecule has 0 aliphatic carbocycles. The van der Waals surface area contributed by atoms with Gasteiger partial charge < -0.3 is 9.15 Å². The monoisotopic (exact) mass is 204 g/mol. The zero-order valence-electron chi connectivity index (χ0n) is 8.02. The van der Waals surface area contributed by atoms with Gasteiger partial charge in [-0.1, -0.05) is 12.1 Å². The second kappa shape index (κ2) is 3.57. The van der Waals surface area contributed by atoms with Gasteiger partial charge in [-0.15, -0.1) is 0 Å². The number of ether oxygens (including phenoxy) is 1. The average molecular weight is 204 g/mol. The van der Waals surface area contributed by atoms with Gasteiger partial charge in [-0.2, -0.15) is 0 Å². The number of carbonyl (C=O) groups excluding carboxylic acids is 1. The molecule has 1 aromatic carbocycles. The van der Waals surface area contributed by atoms with Crippen molar-refractivity contribution in [2.24, 2.45) is 0 Å². The number of fused-ring (bicyclic) bond motifs is 1. The largest absolute Gasteiger partial charge is 0.465 e. The predicted octanol–water partition coefficient (Wildman–Crippen LogP) is 1.58. The molecular weight excluding hydrogens is 196 g/mol. The number of rotatable bonds is 1. The summed E-state index contributed by atoms with van der Waals surface area (Å²) in [5.74, 6) is -0.686. The molecule has 0 atom stereocenters. The maximum absolute atomic E-state index is 11.8. The van der Waals surface area contributed by atoms with Crippen LogP contribution in [0.3, 0.4) is 0 Å². The molecule has 2 aromatic rings. The van der Waals surface area contributed by atoms with E-state index < -0.39 is 5.97 Å². The zero-order valence-corrected chi connectivity index (χ0v) is 8.02. The first-order valence-electron chi connectivity index (χ1n) is 4.33. The van der Waals surface area contributed by atoms with E-state index in [9.17, 15) is 9.59 Å². The number of para-hydroxylation sites is 1. The first-order chi connectivity index (χ1) is 7.24. The van der Waals surface area contributed by atoms with Gasteiger partial charge in [-0.3, -0.25) is 4.79 Å². The van der Waals surface area contributed by atoms with E-state index in [1.54, 1.807) is 24.3 Å². The Labute approximate surface area is 85.1 Å². The number of methoxy groups -OCH3 is 1. The highest BCUT2D eigenvalue weighted by atomic mass is 16.5. The lowest BCUT2D eigenvalue weighted by Gasteiger charge is -1.99. The summed E-state index contributed by atoms with van der Waals surface area (Å²) in [6, 6.07) is 6.73. The number of benzene rings is 1. The van der Waals surface area contributed by atoms with E-state index in [2.05, 4.69) is 4.74 Å². The van der Waals surface area contributed by atoms with Crippen LogP contribution in [0.1, 0.15) is 10.4 Å². The highest BCUT2D eigenvalue weighted by Gasteiger charge is 2.13. The molecule has 15 heavy (non-hydrogen) atoms. The highest BCUT2D eigenvalue weighted by Crippen LogP contribution is 2.10. The smallest absolute Gasteiger partial charge is 0.345 e. The van der Waals surface area contributed by atoms with Gasteiger partial charge in [0.1, 0.15) is 17.4 Å². The lowest BCUT2D eigenvalue weighted by molar-refractivity contribution is 0.0597. The minimum atomic E-state index is -0.686. The standard InChI is InChI=1S/C11H8O4/c1-14-11(13)8-6-15-9-5-3-2-4-7(9)10(8)12/h2-6H,1H3. The van der Waals surface area contributed by atoms with Crippen LogP contribution in [0.2, 0.25) is 0 Å². The minimum Gasteiger partial charge on any atom is -0.465 e. The topological polar surface area (TPSA) is 56.5 Å². The molecule has 76 valence electrons. The van der Waals surface area contributed by atoms with E-state index in [4.69, 9.17) is 4.42 Å². The molecule has 0 saturated carbocycles. The van der Waals surface area contributed by atoms with Crippen molar-refractivity contribution in [2.45, 2.75) is 0 Å². The summed E-state index contributed by atoms with van der Waals surface area (Å²) in [5.41, 5.74) is -0.00458. The van der Waals surface area contributed by atoms with Crippen LogP contribution in [0.25, 0.3) is 11.0 Å². The maximum atomic E-state index is 11.8. The van der Waals surface area contributed by atoms with E-state index in [1.807, 2.05) is 0 Å². The van der Waals surface area contributed by atoms with Gasteiger partial charge in [0.05, 0.1) is 12.5 Å². The molecule has 0 spiro atoms. The molecule has 0 radical (unpaired) electrons. The molecule has 4 nitrogen and oxygen atoms in total. The van der Waals surface area contributed by atoms with Gasteiger partial charge in [0.2, 0.25) is 5.43 Å². The first kappa shape index (κ1) is 9.45. The van der Waals surface area contributed by atoms with Crippen molar-refractivity contribution in [3.8, 4) is 0 Å². The fourth-order valence-corrected chi connectivity index (χ4v) is 1.33. The molecule has 0 fully saturated rings. The van der Waals surface area contributed by atoms with Crippen molar-refractivity contribution < 1.29 is 13.9 Å². The molecule has 0 amide bonds. The SMILES string of the molecule is COC(=O)c1coc2ccccc2c1=O. The van der Waals surface area contributed by atoms with Crippen molar-refractivity contribution in [1.82, 2.24) is 0 Å². The van der Waals surface area contributed by atoms with Crippen molar-refractivity contribution >= 4 is 16.9 Å².